The van der Waals surface area contributed by atoms with Crippen molar-refractivity contribution in [2.45, 2.75) is 51.3 Å². The van der Waals surface area contributed by atoms with Crippen LogP contribution in [0.25, 0.3) is 27.7 Å². The molecule has 30 heavy (non-hydrogen) atoms. The molecule has 2 N–H and O–H groups in total. The van der Waals surface area contributed by atoms with Crippen molar-refractivity contribution >= 4 is 22.5 Å². The fourth-order valence-corrected chi connectivity index (χ4v) is 4.20. The van der Waals surface area contributed by atoms with Crippen LogP contribution in [0.1, 0.15) is 39.7 Å². The Morgan fingerprint density at radius 1 is 1.27 bits per heavy atom. The molecule has 1 saturated carbocycles. The van der Waals surface area contributed by atoms with E-state index in [9.17, 15) is 5.11 Å². The number of ether oxygens (including phenoxy) is 1. The van der Waals surface area contributed by atoms with Crippen molar-refractivity contribution < 1.29 is 9.84 Å². The minimum absolute atomic E-state index is 0.156. The Morgan fingerprint density at radius 2 is 2.07 bits per heavy atom. The predicted octanol–water partition coefficient (Wildman–Crippen LogP) is 3.06. The standard InChI is InChI=1S/C21H25N7O2/c1-12(2)28-17-9-13(5-6-16(17)24-26-28)15-7-8-27-18(15)19(30-4)23-20(25-27)22-14-10-21(3,29)11-14/h5-9,12,14,29H,10-11H2,1-4H3,(H,22,25). The number of rotatable bonds is 5. The molecule has 0 aliphatic heterocycles. The Balaban J connectivity index is 1.55. The van der Waals surface area contributed by atoms with Crippen molar-refractivity contribution in [3.05, 3.63) is 30.5 Å². The van der Waals surface area contributed by atoms with Gasteiger partial charge in [0.2, 0.25) is 11.8 Å². The van der Waals surface area contributed by atoms with Crippen molar-refractivity contribution in [1.82, 2.24) is 29.6 Å². The maximum atomic E-state index is 9.96. The van der Waals surface area contributed by atoms with Gasteiger partial charge in [0.1, 0.15) is 11.0 Å². The first-order valence-corrected chi connectivity index (χ1v) is 10.1. The summed E-state index contributed by atoms with van der Waals surface area (Å²) < 4.78 is 9.30. The van der Waals surface area contributed by atoms with Crippen molar-refractivity contribution in [3.63, 3.8) is 0 Å². The molecule has 1 fully saturated rings. The van der Waals surface area contributed by atoms with Crippen LogP contribution in [-0.2, 0) is 0 Å². The van der Waals surface area contributed by atoms with Crippen molar-refractivity contribution in [3.8, 4) is 17.0 Å². The number of anilines is 1. The number of aromatic nitrogens is 6. The van der Waals surface area contributed by atoms with Gasteiger partial charge in [0, 0.05) is 23.8 Å². The molecule has 0 spiro atoms. The highest BCUT2D eigenvalue weighted by Crippen LogP contribution is 2.35. The Hall–Kier alpha value is -3.20. The molecule has 4 aromatic rings. The third kappa shape index (κ3) is 3.06. The number of hydrogen-bond donors (Lipinski definition) is 2. The first-order valence-electron chi connectivity index (χ1n) is 10.1. The first-order chi connectivity index (χ1) is 14.3. The average molecular weight is 407 g/mol. The van der Waals surface area contributed by atoms with Crippen LogP contribution in [0.15, 0.2) is 30.5 Å². The van der Waals surface area contributed by atoms with Crippen molar-refractivity contribution in [1.29, 1.82) is 0 Å². The molecule has 5 rings (SSSR count). The number of benzene rings is 1. The van der Waals surface area contributed by atoms with Crippen LogP contribution in [-0.4, -0.2) is 53.5 Å². The minimum Gasteiger partial charge on any atom is -0.479 e. The maximum Gasteiger partial charge on any atom is 0.244 e. The van der Waals surface area contributed by atoms with Crippen LogP contribution in [0.2, 0.25) is 0 Å². The second-order valence-corrected chi connectivity index (χ2v) is 8.54. The van der Waals surface area contributed by atoms with Crippen LogP contribution in [0, 0.1) is 0 Å². The lowest BCUT2D eigenvalue weighted by Gasteiger charge is -2.41. The van der Waals surface area contributed by atoms with Crippen LogP contribution < -0.4 is 10.1 Å². The van der Waals surface area contributed by atoms with Crippen LogP contribution in [0.5, 0.6) is 5.88 Å². The molecule has 0 unspecified atom stereocenters. The monoisotopic (exact) mass is 407 g/mol. The summed E-state index contributed by atoms with van der Waals surface area (Å²) in [7, 11) is 1.61. The third-order valence-electron chi connectivity index (χ3n) is 5.65. The van der Waals surface area contributed by atoms with E-state index in [0.717, 1.165) is 27.7 Å². The molecule has 0 amide bonds. The molecule has 1 aliphatic carbocycles. The van der Waals surface area contributed by atoms with E-state index in [1.165, 1.54) is 0 Å². The SMILES string of the molecule is COc1nc(NC2CC(C)(O)C2)nn2ccc(-c3ccc4nnn(C(C)C)c4c3)c12. The van der Waals surface area contributed by atoms with E-state index < -0.39 is 5.60 Å². The Bertz CT molecular complexity index is 1230. The number of aliphatic hydroxyl groups is 1. The molecule has 0 radical (unpaired) electrons. The zero-order chi connectivity index (χ0) is 21.0. The van der Waals surface area contributed by atoms with Crippen molar-refractivity contribution in [2.24, 2.45) is 0 Å². The second kappa shape index (κ2) is 6.66. The molecule has 0 bridgehead atoms. The predicted molar refractivity (Wildman–Crippen MR) is 114 cm³/mol. The van der Waals surface area contributed by atoms with Gasteiger partial charge >= 0.3 is 0 Å². The van der Waals surface area contributed by atoms with Gasteiger partial charge in [-0.15, -0.1) is 10.2 Å². The zero-order valence-corrected chi connectivity index (χ0v) is 17.5. The van der Waals surface area contributed by atoms with E-state index in [-0.39, 0.29) is 12.1 Å². The maximum absolute atomic E-state index is 9.96. The van der Waals surface area contributed by atoms with Crippen LogP contribution in [0.4, 0.5) is 5.95 Å². The quantitative estimate of drug-likeness (QED) is 0.524. The van der Waals surface area contributed by atoms with E-state index in [2.05, 4.69) is 45.6 Å². The van der Waals surface area contributed by atoms with Gasteiger partial charge in [-0.1, -0.05) is 11.3 Å². The van der Waals surface area contributed by atoms with E-state index >= 15 is 0 Å². The molecule has 1 aliphatic rings. The van der Waals surface area contributed by atoms with Gasteiger partial charge < -0.3 is 15.2 Å². The summed E-state index contributed by atoms with van der Waals surface area (Å²) in [5, 5.41) is 26.4. The highest BCUT2D eigenvalue weighted by atomic mass is 16.5. The lowest BCUT2D eigenvalue weighted by Crippen LogP contribution is -2.48. The summed E-state index contributed by atoms with van der Waals surface area (Å²) in [6.45, 7) is 6.01. The van der Waals surface area contributed by atoms with Gasteiger partial charge in [0.05, 0.1) is 18.2 Å². The molecule has 9 nitrogen and oxygen atoms in total. The summed E-state index contributed by atoms with van der Waals surface area (Å²) in [6.07, 6.45) is 3.25. The molecule has 156 valence electrons. The fraction of sp³-hybridized carbons (Fsp3) is 0.429. The Morgan fingerprint density at radius 3 is 2.77 bits per heavy atom. The molecule has 3 heterocycles. The van der Waals surface area contributed by atoms with E-state index in [1.54, 1.807) is 11.6 Å². The van der Waals surface area contributed by atoms with E-state index in [4.69, 9.17) is 4.74 Å². The first kappa shape index (κ1) is 18.8. The normalized spacial score (nSPS) is 21.3. The van der Waals surface area contributed by atoms with E-state index in [0.29, 0.717) is 24.7 Å². The van der Waals surface area contributed by atoms with Gasteiger partial charge in [-0.2, -0.15) is 4.98 Å². The zero-order valence-electron chi connectivity index (χ0n) is 17.5. The molecular weight excluding hydrogens is 382 g/mol. The van der Waals surface area contributed by atoms with Gasteiger partial charge in [-0.05, 0) is 57.4 Å². The van der Waals surface area contributed by atoms with Gasteiger partial charge in [0.15, 0.2) is 0 Å². The van der Waals surface area contributed by atoms with Gasteiger partial charge in [0.25, 0.3) is 0 Å². The Kier molecular flexibility index (Phi) is 4.18. The van der Waals surface area contributed by atoms with Crippen LogP contribution in [0.3, 0.4) is 0 Å². The third-order valence-corrected chi connectivity index (χ3v) is 5.65. The summed E-state index contributed by atoms with van der Waals surface area (Å²) >= 11 is 0. The minimum atomic E-state index is -0.609. The molecule has 0 saturated heterocycles. The number of nitrogens with zero attached hydrogens (tertiary/aromatic N) is 6. The number of nitrogens with one attached hydrogen (secondary N) is 1. The topological polar surface area (TPSA) is 102 Å². The molecule has 3 aromatic heterocycles. The number of hydrogen-bond acceptors (Lipinski definition) is 7. The highest BCUT2D eigenvalue weighted by molar-refractivity contribution is 5.89. The number of methoxy groups -OCH3 is 1. The molecule has 9 heteroatoms. The van der Waals surface area contributed by atoms with Gasteiger partial charge in [-0.25, -0.2) is 9.20 Å². The number of fused-ring (bicyclic) bond motifs is 2. The largest absolute Gasteiger partial charge is 0.479 e. The van der Waals surface area contributed by atoms with Gasteiger partial charge in [-0.3, -0.25) is 0 Å². The summed E-state index contributed by atoms with van der Waals surface area (Å²) in [5.74, 6) is 0.980. The molecular formula is C21H25N7O2. The molecule has 1 aromatic carbocycles. The van der Waals surface area contributed by atoms with E-state index in [1.807, 2.05) is 36.0 Å². The second-order valence-electron chi connectivity index (χ2n) is 8.54. The molecule has 0 atom stereocenters. The summed E-state index contributed by atoms with van der Waals surface area (Å²) in [6, 6.07) is 8.48. The highest BCUT2D eigenvalue weighted by Gasteiger charge is 2.38. The smallest absolute Gasteiger partial charge is 0.244 e. The summed E-state index contributed by atoms with van der Waals surface area (Å²) in [5.41, 5.74) is 4.03. The lowest BCUT2D eigenvalue weighted by atomic mass is 9.77. The Labute approximate surface area is 173 Å². The fourth-order valence-electron chi connectivity index (χ4n) is 4.20. The average Bonchev–Trinajstić information content (AvgIpc) is 3.29. The van der Waals surface area contributed by atoms with Crippen LogP contribution >= 0.6 is 0 Å². The summed E-state index contributed by atoms with van der Waals surface area (Å²) in [4.78, 5) is 4.57. The lowest BCUT2D eigenvalue weighted by molar-refractivity contribution is -0.0236. The van der Waals surface area contributed by atoms with Crippen molar-refractivity contribution in [2.75, 3.05) is 12.4 Å².